The molecule has 0 saturated heterocycles. The molecule has 0 aromatic carbocycles. The average Bonchev–Trinajstić information content (AvgIpc) is 2.83. The molecule has 22 heavy (non-hydrogen) atoms. The quantitative estimate of drug-likeness (QED) is 0.792. The largest absolute Gasteiger partial charge is 0.379 e. The Morgan fingerprint density at radius 3 is 2.82 bits per heavy atom. The molecule has 1 fully saturated rings. The van der Waals surface area contributed by atoms with Crippen LogP contribution in [0.1, 0.15) is 49.1 Å². The van der Waals surface area contributed by atoms with Gasteiger partial charge in [-0.05, 0) is 39.5 Å². The number of rotatable bonds is 6. The minimum atomic E-state index is -0.104. The fourth-order valence-corrected chi connectivity index (χ4v) is 3.09. The first-order valence-electron chi connectivity index (χ1n) is 8.10. The Labute approximate surface area is 132 Å². The van der Waals surface area contributed by atoms with Gasteiger partial charge >= 0.3 is 6.03 Å². The maximum Gasteiger partial charge on any atom is 0.315 e. The van der Waals surface area contributed by atoms with E-state index in [0.29, 0.717) is 6.54 Å². The Morgan fingerprint density at radius 2 is 2.14 bits per heavy atom. The Bertz CT molecular complexity index is 467. The Balaban J connectivity index is 1.67. The molecule has 0 spiro atoms. The summed E-state index contributed by atoms with van der Waals surface area (Å²) in [5.41, 5.74) is 2.08. The summed E-state index contributed by atoms with van der Waals surface area (Å²) < 4.78 is 10.6. The molecule has 0 aliphatic heterocycles. The first kappa shape index (κ1) is 16.8. The van der Waals surface area contributed by atoms with E-state index in [9.17, 15) is 4.79 Å². The van der Waals surface area contributed by atoms with Gasteiger partial charge in [0.25, 0.3) is 0 Å². The van der Waals surface area contributed by atoms with E-state index >= 15 is 0 Å². The number of hydrogen-bond acceptors (Lipinski definition) is 4. The van der Waals surface area contributed by atoms with Crippen LogP contribution in [0.25, 0.3) is 0 Å². The Kier molecular flexibility index (Phi) is 6.24. The second-order valence-electron chi connectivity index (χ2n) is 5.97. The normalized spacial score (nSPS) is 21.6. The minimum absolute atomic E-state index is 0.104. The third kappa shape index (κ3) is 4.47. The van der Waals surface area contributed by atoms with E-state index in [4.69, 9.17) is 9.26 Å². The van der Waals surface area contributed by atoms with Gasteiger partial charge in [0.15, 0.2) is 0 Å². The molecule has 1 saturated carbocycles. The number of amides is 2. The highest BCUT2D eigenvalue weighted by Gasteiger charge is 2.26. The Morgan fingerprint density at radius 1 is 1.36 bits per heavy atom. The van der Waals surface area contributed by atoms with Gasteiger partial charge in [0, 0.05) is 19.2 Å². The average molecular weight is 309 g/mol. The van der Waals surface area contributed by atoms with Gasteiger partial charge in [0.05, 0.1) is 17.8 Å². The van der Waals surface area contributed by atoms with E-state index < -0.39 is 0 Å². The van der Waals surface area contributed by atoms with Crippen molar-refractivity contribution in [2.75, 3.05) is 13.7 Å². The SMILES string of the molecule is CO[C@H]1CCCC[C@@H]1NC(=O)NCCCc1c(C)noc1C. The van der Waals surface area contributed by atoms with E-state index in [1.165, 1.54) is 6.42 Å². The third-order valence-electron chi connectivity index (χ3n) is 4.39. The van der Waals surface area contributed by atoms with Crippen LogP contribution >= 0.6 is 0 Å². The number of nitrogens with zero attached hydrogens (tertiary/aromatic N) is 1. The number of methoxy groups -OCH3 is 1. The van der Waals surface area contributed by atoms with Crippen LogP contribution in [0.3, 0.4) is 0 Å². The molecular formula is C16H27N3O3. The van der Waals surface area contributed by atoms with Crippen LogP contribution in [0.5, 0.6) is 0 Å². The van der Waals surface area contributed by atoms with Crippen molar-refractivity contribution in [3.05, 3.63) is 17.0 Å². The smallest absolute Gasteiger partial charge is 0.315 e. The molecule has 0 unspecified atom stereocenters. The van der Waals surface area contributed by atoms with Crippen LogP contribution < -0.4 is 10.6 Å². The van der Waals surface area contributed by atoms with Gasteiger partial charge in [0.1, 0.15) is 5.76 Å². The molecule has 6 heteroatoms. The zero-order chi connectivity index (χ0) is 15.9. The zero-order valence-corrected chi connectivity index (χ0v) is 13.8. The van der Waals surface area contributed by atoms with Crippen molar-refractivity contribution in [2.24, 2.45) is 0 Å². The molecule has 124 valence electrons. The van der Waals surface area contributed by atoms with Crippen molar-refractivity contribution in [3.8, 4) is 0 Å². The molecule has 0 radical (unpaired) electrons. The number of nitrogens with one attached hydrogen (secondary N) is 2. The van der Waals surface area contributed by atoms with Crippen molar-refractivity contribution < 1.29 is 14.1 Å². The van der Waals surface area contributed by atoms with Crippen LogP contribution in [0.15, 0.2) is 4.52 Å². The summed E-state index contributed by atoms with van der Waals surface area (Å²) in [6.45, 7) is 4.50. The molecule has 1 aliphatic rings. The van der Waals surface area contributed by atoms with Gasteiger partial charge in [0.2, 0.25) is 0 Å². The van der Waals surface area contributed by atoms with Crippen molar-refractivity contribution in [3.63, 3.8) is 0 Å². The second kappa shape index (κ2) is 8.17. The molecule has 1 aliphatic carbocycles. The lowest BCUT2D eigenvalue weighted by Gasteiger charge is -2.31. The molecule has 1 heterocycles. The lowest BCUT2D eigenvalue weighted by molar-refractivity contribution is 0.0452. The predicted octanol–water partition coefficient (Wildman–Crippen LogP) is 2.48. The van der Waals surface area contributed by atoms with Crippen molar-refractivity contribution in [2.45, 2.75) is 64.5 Å². The third-order valence-corrected chi connectivity index (χ3v) is 4.39. The van der Waals surface area contributed by atoms with Gasteiger partial charge in [-0.1, -0.05) is 18.0 Å². The molecule has 2 amide bonds. The van der Waals surface area contributed by atoms with E-state index in [0.717, 1.165) is 49.1 Å². The predicted molar refractivity (Wildman–Crippen MR) is 83.9 cm³/mol. The summed E-state index contributed by atoms with van der Waals surface area (Å²) in [4.78, 5) is 12.0. The van der Waals surface area contributed by atoms with Gasteiger partial charge < -0.3 is 19.9 Å². The van der Waals surface area contributed by atoms with Crippen LogP contribution in [0.2, 0.25) is 0 Å². The Hall–Kier alpha value is -1.56. The highest BCUT2D eigenvalue weighted by molar-refractivity contribution is 5.74. The fraction of sp³-hybridized carbons (Fsp3) is 0.750. The molecule has 2 rings (SSSR count). The number of aryl methyl sites for hydroxylation is 2. The van der Waals surface area contributed by atoms with Crippen LogP contribution in [0.4, 0.5) is 4.79 Å². The van der Waals surface area contributed by atoms with Crippen molar-refractivity contribution in [1.82, 2.24) is 15.8 Å². The summed E-state index contributed by atoms with van der Waals surface area (Å²) >= 11 is 0. The van der Waals surface area contributed by atoms with E-state index in [1.807, 2.05) is 13.8 Å². The molecule has 0 bridgehead atoms. The van der Waals surface area contributed by atoms with Crippen LogP contribution in [0, 0.1) is 13.8 Å². The minimum Gasteiger partial charge on any atom is -0.379 e. The summed E-state index contributed by atoms with van der Waals surface area (Å²) in [7, 11) is 1.71. The summed E-state index contributed by atoms with van der Waals surface area (Å²) in [6.07, 6.45) is 6.22. The number of aromatic nitrogens is 1. The molecule has 6 nitrogen and oxygen atoms in total. The zero-order valence-electron chi connectivity index (χ0n) is 13.8. The van der Waals surface area contributed by atoms with Crippen LogP contribution in [-0.4, -0.2) is 37.0 Å². The number of ether oxygens (including phenoxy) is 1. The fourth-order valence-electron chi connectivity index (χ4n) is 3.09. The van der Waals surface area contributed by atoms with Gasteiger partial charge in [-0.3, -0.25) is 0 Å². The maximum atomic E-state index is 12.0. The topological polar surface area (TPSA) is 76.4 Å². The molecule has 2 atom stereocenters. The summed E-state index contributed by atoms with van der Waals surface area (Å²) in [5.74, 6) is 0.868. The lowest BCUT2D eigenvalue weighted by atomic mass is 9.92. The van der Waals surface area contributed by atoms with Crippen LogP contribution in [-0.2, 0) is 11.2 Å². The van der Waals surface area contributed by atoms with Crippen molar-refractivity contribution in [1.29, 1.82) is 0 Å². The van der Waals surface area contributed by atoms with E-state index in [2.05, 4.69) is 15.8 Å². The first-order valence-corrected chi connectivity index (χ1v) is 8.10. The van der Waals surface area contributed by atoms with E-state index in [-0.39, 0.29) is 18.2 Å². The van der Waals surface area contributed by atoms with E-state index in [1.54, 1.807) is 7.11 Å². The second-order valence-corrected chi connectivity index (χ2v) is 5.97. The first-order chi connectivity index (χ1) is 10.6. The summed E-state index contributed by atoms with van der Waals surface area (Å²) in [5, 5.41) is 9.89. The number of carbonyl (C=O) groups is 1. The lowest BCUT2D eigenvalue weighted by Crippen LogP contribution is -2.49. The standard InChI is InChI=1S/C16H27N3O3/c1-11-13(12(2)22-19-11)7-6-10-17-16(20)18-14-8-4-5-9-15(14)21-3/h14-15H,4-10H2,1-3H3,(H2,17,18,20)/t14-,15-/m0/s1. The van der Waals surface area contributed by atoms with Gasteiger partial charge in [-0.15, -0.1) is 0 Å². The molecular weight excluding hydrogens is 282 g/mol. The maximum absolute atomic E-state index is 12.0. The van der Waals surface area contributed by atoms with Gasteiger partial charge in [-0.2, -0.15) is 0 Å². The number of urea groups is 1. The molecule has 1 aromatic rings. The summed E-state index contributed by atoms with van der Waals surface area (Å²) in [6, 6.07) is 0.0222. The number of hydrogen-bond donors (Lipinski definition) is 2. The molecule has 2 N–H and O–H groups in total. The van der Waals surface area contributed by atoms with Crippen molar-refractivity contribution >= 4 is 6.03 Å². The molecule has 1 aromatic heterocycles. The highest BCUT2D eigenvalue weighted by Crippen LogP contribution is 2.20. The monoisotopic (exact) mass is 309 g/mol. The van der Waals surface area contributed by atoms with Gasteiger partial charge in [-0.25, -0.2) is 4.79 Å². The number of carbonyl (C=O) groups excluding carboxylic acids is 1. The highest BCUT2D eigenvalue weighted by atomic mass is 16.5.